The Hall–Kier alpha value is -1.59. The standard InChI is InChI=1S/C12H11ClN2O2S/c1-7-10(11(16)17)18-12(14-7)15(2)9-6-4-3-5-8(9)13/h3-6H,1-2H3,(H,16,17). The summed E-state index contributed by atoms with van der Waals surface area (Å²) < 4.78 is 0. The van der Waals surface area contributed by atoms with Crippen LogP contribution >= 0.6 is 22.9 Å². The summed E-state index contributed by atoms with van der Waals surface area (Å²) in [5, 5.41) is 10.2. The Bertz CT molecular complexity index is 598. The molecule has 0 aliphatic heterocycles. The van der Waals surface area contributed by atoms with Crippen LogP contribution in [0.3, 0.4) is 0 Å². The minimum absolute atomic E-state index is 0.254. The van der Waals surface area contributed by atoms with Gasteiger partial charge in [0.1, 0.15) is 4.88 Å². The lowest BCUT2D eigenvalue weighted by Gasteiger charge is -2.16. The van der Waals surface area contributed by atoms with Gasteiger partial charge in [0.25, 0.3) is 0 Å². The predicted octanol–water partition coefficient (Wildman–Crippen LogP) is 3.57. The van der Waals surface area contributed by atoms with Gasteiger partial charge in [-0.3, -0.25) is 0 Å². The Morgan fingerprint density at radius 3 is 2.67 bits per heavy atom. The van der Waals surface area contributed by atoms with Crippen molar-refractivity contribution in [3.05, 3.63) is 39.9 Å². The van der Waals surface area contributed by atoms with E-state index in [4.69, 9.17) is 16.7 Å². The van der Waals surface area contributed by atoms with Gasteiger partial charge in [-0.2, -0.15) is 0 Å². The maximum Gasteiger partial charge on any atom is 0.347 e. The molecule has 18 heavy (non-hydrogen) atoms. The van der Waals surface area contributed by atoms with Gasteiger partial charge >= 0.3 is 5.97 Å². The minimum atomic E-state index is -0.955. The number of aryl methyl sites for hydroxylation is 1. The number of aromatic carboxylic acids is 1. The maximum atomic E-state index is 11.0. The van der Waals surface area contributed by atoms with Crippen LogP contribution < -0.4 is 4.90 Å². The number of aromatic nitrogens is 1. The summed E-state index contributed by atoms with van der Waals surface area (Å²) in [5.41, 5.74) is 1.31. The molecular formula is C12H11ClN2O2S. The summed E-state index contributed by atoms with van der Waals surface area (Å²) in [4.78, 5) is 17.3. The molecule has 0 saturated heterocycles. The van der Waals surface area contributed by atoms with Crippen LogP contribution in [0.1, 0.15) is 15.4 Å². The van der Waals surface area contributed by atoms with Gasteiger partial charge in [-0.15, -0.1) is 0 Å². The number of carboxylic acid groups (broad SMARTS) is 1. The van der Waals surface area contributed by atoms with Gasteiger partial charge in [-0.1, -0.05) is 35.1 Å². The number of rotatable bonds is 3. The lowest BCUT2D eigenvalue weighted by molar-refractivity contribution is 0.0701. The lowest BCUT2D eigenvalue weighted by atomic mass is 10.3. The van der Waals surface area contributed by atoms with E-state index in [1.165, 1.54) is 0 Å². The molecule has 94 valence electrons. The quantitative estimate of drug-likeness (QED) is 0.935. The van der Waals surface area contributed by atoms with Crippen LogP contribution in [0.5, 0.6) is 0 Å². The zero-order valence-corrected chi connectivity index (χ0v) is 11.4. The molecule has 0 saturated carbocycles. The van der Waals surface area contributed by atoms with Gasteiger partial charge in [0.05, 0.1) is 16.4 Å². The van der Waals surface area contributed by atoms with Crippen molar-refractivity contribution in [2.24, 2.45) is 0 Å². The highest BCUT2D eigenvalue weighted by Crippen LogP contribution is 2.33. The summed E-state index contributed by atoms with van der Waals surface area (Å²) in [6.45, 7) is 1.68. The number of carboxylic acids is 1. The summed E-state index contributed by atoms with van der Waals surface area (Å²) in [7, 11) is 1.81. The van der Waals surface area contributed by atoms with Gasteiger partial charge < -0.3 is 10.0 Å². The second-order valence-electron chi connectivity index (χ2n) is 3.73. The fourth-order valence-corrected chi connectivity index (χ4v) is 2.69. The van der Waals surface area contributed by atoms with E-state index < -0.39 is 5.97 Å². The van der Waals surface area contributed by atoms with Gasteiger partial charge in [0, 0.05) is 7.05 Å². The largest absolute Gasteiger partial charge is 0.477 e. The summed E-state index contributed by atoms with van der Waals surface area (Å²) in [6.07, 6.45) is 0. The number of hydrogen-bond donors (Lipinski definition) is 1. The normalized spacial score (nSPS) is 10.4. The fraction of sp³-hybridized carbons (Fsp3) is 0.167. The third-order valence-corrected chi connectivity index (χ3v) is 4.02. The van der Waals surface area contributed by atoms with Crippen LogP contribution in [0.25, 0.3) is 0 Å². The van der Waals surface area contributed by atoms with E-state index in [9.17, 15) is 4.79 Å². The third-order valence-electron chi connectivity index (χ3n) is 2.48. The van der Waals surface area contributed by atoms with Gasteiger partial charge in [-0.05, 0) is 19.1 Å². The van der Waals surface area contributed by atoms with E-state index in [0.717, 1.165) is 17.0 Å². The first kappa shape index (κ1) is 12.9. The maximum absolute atomic E-state index is 11.0. The molecule has 0 unspecified atom stereocenters. The van der Waals surface area contributed by atoms with Crippen molar-refractivity contribution >= 4 is 39.7 Å². The second-order valence-corrected chi connectivity index (χ2v) is 5.11. The number of para-hydroxylation sites is 1. The molecule has 1 N–H and O–H groups in total. The zero-order valence-electron chi connectivity index (χ0n) is 9.85. The van der Waals surface area contributed by atoms with Crippen LogP contribution in [0.2, 0.25) is 5.02 Å². The van der Waals surface area contributed by atoms with Crippen molar-refractivity contribution in [1.29, 1.82) is 0 Å². The average Bonchev–Trinajstić information content (AvgIpc) is 2.71. The Morgan fingerprint density at radius 2 is 2.11 bits per heavy atom. The smallest absolute Gasteiger partial charge is 0.347 e. The van der Waals surface area contributed by atoms with Crippen molar-refractivity contribution in [3.8, 4) is 0 Å². The molecule has 0 radical (unpaired) electrons. The predicted molar refractivity (Wildman–Crippen MR) is 73.3 cm³/mol. The number of anilines is 2. The monoisotopic (exact) mass is 282 g/mol. The first-order chi connectivity index (χ1) is 8.50. The molecule has 0 aliphatic carbocycles. The molecule has 6 heteroatoms. The number of carbonyl (C=O) groups is 1. The fourth-order valence-electron chi connectivity index (χ4n) is 1.55. The van der Waals surface area contributed by atoms with Gasteiger partial charge in [0.2, 0.25) is 0 Å². The first-order valence-corrected chi connectivity index (χ1v) is 6.39. The Labute approximate surface area is 113 Å². The topological polar surface area (TPSA) is 53.4 Å². The van der Waals surface area contributed by atoms with E-state index in [0.29, 0.717) is 15.8 Å². The number of hydrogen-bond acceptors (Lipinski definition) is 4. The zero-order chi connectivity index (χ0) is 13.3. The highest BCUT2D eigenvalue weighted by molar-refractivity contribution is 7.17. The molecule has 1 heterocycles. The van der Waals surface area contributed by atoms with Crippen molar-refractivity contribution in [1.82, 2.24) is 4.98 Å². The van der Waals surface area contributed by atoms with Gasteiger partial charge in [-0.25, -0.2) is 9.78 Å². The molecule has 1 aromatic carbocycles. The molecular weight excluding hydrogens is 272 g/mol. The number of thiazole rings is 1. The van der Waals surface area contributed by atoms with E-state index in [1.807, 2.05) is 25.2 Å². The van der Waals surface area contributed by atoms with E-state index in [1.54, 1.807) is 17.9 Å². The van der Waals surface area contributed by atoms with Gasteiger partial charge in [0.15, 0.2) is 5.13 Å². The van der Waals surface area contributed by atoms with E-state index in [2.05, 4.69) is 4.98 Å². The number of nitrogens with zero attached hydrogens (tertiary/aromatic N) is 2. The van der Waals surface area contributed by atoms with E-state index in [-0.39, 0.29) is 4.88 Å². The first-order valence-electron chi connectivity index (χ1n) is 5.19. The van der Waals surface area contributed by atoms with Crippen molar-refractivity contribution in [2.75, 3.05) is 11.9 Å². The molecule has 0 aliphatic rings. The number of halogens is 1. The Kier molecular flexibility index (Phi) is 3.54. The van der Waals surface area contributed by atoms with Crippen molar-refractivity contribution < 1.29 is 9.90 Å². The SMILES string of the molecule is Cc1nc(N(C)c2ccccc2Cl)sc1C(=O)O. The molecule has 2 rings (SSSR count). The molecule has 0 amide bonds. The van der Waals surface area contributed by atoms with E-state index >= 15 is 0 Å². The molecule has 0 spiro atoms. The van der Waals surface area contributed by atoms with Crippen LogP contribution in [0.15, 0.2) is 24.3 Å². The third kappa shape index (κ3) is 2.32. The summed E-state index contributed by atoms with van der Waals surface area (Å²) in [5.74, 6) is -0.955. The van der Waals surface area contributed by atoms with Crippen LogP contribution in [-0.4, -0.2) is 23.1 Å². The summed E-state index contributed by atoms with van der Waals surface area (Å²) >= 11 is 7.23. The minimum Gasteiger partial charge on any atom is -0.477 e. The number of benzene rings is 1. The van der Waals surface area contributed by atoms with Crippen LogP contribution in [0, 0.1) is 6.92 Å². The Morgan fingerprint density at radius 1 is 1.44 bits per heavy atom. The van der Waals surface area contributed by atoms with Crippen LogP contribution in [0.4, 0.5) is 10.8 Å². The Balaban J connectivity index is 2.41. The van der Waals surface area contributed by atoms with Crippen molar-refractivity contribution in [2.45, 2.75) is 6.92 Å². The molecule has 0 atom stereocenters. The average molecular weight is 283 g/mol. The lowest BCUT2D eigenvalue weighted by Crippen LogP contribution is -2.09. The highest BCUT2D eigenvalue weighted by Gasteiger charge is 2.18. The van der Waals surface area contributed by atoms with Crippen LogP contribution in [-0.2, 0) is 0 Å². The molecule has 2 aromatic rings. The highest BCUT2D eigenvalue weighted by atomic mass is 35.5. The molecule has 1 aromatic heterocycles. The van der Waals surface area contributed by atoms with Crippen molar-refractivity contribution in [3.63, 3.8) is 0 Å². The molecule has 4 nitrogen and oxygen atoms in total. The second kappa shape index (κ2) is 4.96. The summed E-state index contributed by atoms with van der Waals surface area (Å²) in [6, 6.07) is 7.36. The molecule has 0 bridgehead atoms. The molecule has 0 fully saturated rings.